The van der Waals surface area contributed by atoms with Gasteiger partial charge in [0.05, 0.1) is 31.1 Å². The third kappa shape index (κ3) is 4.74. The summed E-state index contributed by atoms with van der Waals surface area (Å²) in [4.78, 5) is 44.8. The average molecular weight is 449 g/mol. The number of esters is 1. The molecule has 0 unspecified atom stereocenters. The van der Waals surface area contributed by atoms with Crippen LogP contribution in [0, 0.1) is 0 Å². The number of aromatic amines is 1. The van der Waals surface area contributed by atoms with E-state index in [1.807, 2.05) is 41.1 Å². The molecule has 0 bridgehead atoms. The zero-order valence-electron chi connectivity index (χ0n) is 19.1. The molecular formula is C25H28N4O4. The van der Waals surface area contributed by atoms with E-state index < -0.39 is 5.54 Å². The number of aromatic nitrogens is 3. The molecule has 1 saturated heterocycles. The standard InChI is InChI=1S/C25H28N4O4/c1-25(2,28-15-17(26-16-28)11-13-29-22(30)8-9-23(29)31)12-10-21-19(14-24(32)33-3)18-6-4-5-7-20(18)27-21/h4-7,10,12,15-16,27H,8-9,11,13-14H2,1-3H3/b12-10+. The molecule has 0 saturated carbocycles. The molecule has 0 spiro atoms. The number of amides is 2. The highest BCUT2D eigenvalue weighted by Crippen LogP contribution is 2.26. The molecule has 8 heteroatoms. The molecule has 0 radical (unpaired) electrons. The van der Waals surface area contributed by atoms with Crippen molar-refractivity contribution in [1.82, 2.24) is 19.4 Å². The highest BCUT2D eigenvalue weighted by molar-refractivity contribution is 6.01. The van der Waals surface area contributed by atoms with Gasteiger partial charge < -0.3 is 14.3 Å². The third-order valence-electron chi connectivity index (χ3n) is 6.10. The molecule has 1 aliphatic rings. The summed E-state index contributed by atoms with van der Waals surface area (Å²) >= 11 is 0. The van der Waals surface area contributed by atoms with Crippen LogP contribution >= 0.6 is 0 Å². The Bertz CT molecular complexity index is 1220. The smallest absolute Gasteiger partial charge is 0.310 e. The molecule has 3 heterocycles. The predicted molar refractivity (Wildman–Crippen MR) is 124 cm³/mol. The summed E-state index contributed by atoms with van der Waals surface area (Å²) in [5.74, 6) is -0.504. The lowest BCUT2D eigenvalue weighted by Crippen LogP contribution is -2.31. The SMILES string of the molecule is COC(=O)Cc1c(/C=C/C(C)(C)n2cnc(CCN3C(=O)CCC3=O)c2)[nH]c2ccccc12. The minimum absolute atomic E-state index is 0.108. The molecule has 2 amide bonds. The Kier molecular flexibility index (Phi) is 6.18. The molecule has 172 valence electrons. The van der Waals surface area contributed by atoms with Crippen molar-refractivity contribution >= 4 is 34.8 Å². The van der Waals surface area contributed by atoms with Crippen molar-refractivity contribution in [3.05, 3.63) is 59.8 Å². The van der Waals surface area contributed by atoms with Crippen molar-refractivity contribution in [2.45, 2.75) is 45.1 Å². The normalized spacial score (nSPS) is 14.7. The van der Waals surface area contributed by atoms with E-state index in [1.165, 1.54) is 12.0 Å². The van der Waals surface area contributed by atoms with Gasteiger partial charge in [0.2, 0.25) is 11.8 Å². The van der Waals surface area contributed by atoms with Crippen molar-refractivity contribution in [2.75, 3.05) is 13.7 Å². The van der Waals surface area contributed by atoms with Crippen LogP contribution in [0.2, 0.25) is 0 Å². The monoisotopic (exact) mass is 448 g/mol. The molecule has 0 aliphatic carbocycles. The van der Waals surface area contributed by atoms with Crippen LogP contribution in [0.15, 0.2) is 42.9 Å². The van der Waals surface area contributed by atoms with Gasteiger partial charge in [-0.15, -0.1) is 0 Å². The van der Waals surface area contributed by atoms with Gasteiger partial charge in [-0.1, -0.05) is 24.3 Å². The van der Waals surface area contributed by atoms with Crippen molar-refractivity contribution < 1.29 is 19.1 Å². The summed E-state index contributed by atoms with van der Waals surface area (Å²) < 4.78 is 6.88. The molecule has 33 heavy (non-hydrogen) atoms. The minimum Gasteiger partial charge on any atom is -0.469 e. The van der Waals surface area contributed by atoms with Crippen LogP contribution in [-0.4, -0.2) is 50.9 Å². The van der Waals surface area contributed by atoms with E-state index in [4.69, 9.17) is 4.74 Å². The minimum atomic E-state index is -0.398. The molecule has 1 aromatic carbocycles. The van der Waals surface area contributed by atoms with Gasteiger partial charge in [-0.05, 0) is 31.6 Å². The number of carbonyl (C=O) groups is 3. The number of para-hydroxylation sites is 1. The fraction of sp³-hybridized carbons (Fsp3) is 0.360. The van der Waals surface area contributed by atoms with E-state index in [2.05, 4.69) is 29.9 Å². The number of imidazole rings is 1. The number of rotatable bonds is 8. The molecule has 1 aliphatic heterocycles. The first-order valence-electron chi connectivity index (χ1n) is 11.0. The number of methoxy groups -OCH3 is 1. The van der Waals surface area contributed by atoms with E-state index >= 15 is 0 Å². The van der Waals surface area contributed by atoms with Gasteiger partial charge in [0.15, 0.2) is 0 Å². The summed E-state index contributed by atoms with van der Waals surface area (Å²) in [6.45, 7) is 4.48. The van der Waals surface area contributed by atoms with Crippen molar-refractivity contribution in [2.24, 2.45) is 0 Å². The number of hydrogen-bond donors (Lipinski definition) is 1. The summed E-state index contributed by atoms with van der Waals surface area (Å²) in [6.07, 6.45) is 9.05. The van der Waals surface area contributed by atoms with E-state index in [-0.39, 0.29) is 24.2 Å². The van der Waals surface area contributed by atoms with Crippen LogP contribution in [0.3, 0.4) is 0 Å². The maximum absolute atomic E-state index is 12.0. The quantitative estimate of drug-likeness (QED) is 0.422. The highest BCUT2D eigenvalue weighted by Gasteiger charge is 2.28. The summed E-state index contributed by atoms with van der Waals surface area (Å²) in [6, 6.07) is 7.88. The van der Waals surface area contributed by atoms with Gasteiger partial charge in [0.1, 0.15) is 0 Å². The van der Waals surface area contributed by atoms with Crippen molar-refractivity contribution in [1.29, 1.82) is 0 Å². The molecule has 3 aromatic rings. The van der Waals surface area contributed by atoms with Gasteiger partial charge in [0.25, 0.3) is 0 Å². The number of nitrogens with zero attached hydrogens (tertiary/aromatic N) is 3. The van der Waals surface area contributed by atoms with Crippen LogP contribution in [-0.2, 0) is 37.5 Å². The highest BCUT2D eigenvalue weighted by atomic mass is 16.5. The van der Waals surface area contributed by atoms with Gasteiger partial charge in [0, 0.05) is 48.6 Å². The van der Waals surface area contributed by atoms with Gasteiger partial charge in [-0.3, -0.25) is 19.3 Å². The lowest BCUT2D eigenvalue weighted by Gasteiger charge is -2.22. The molecular weight excluding hydrogens is 420 g/mol. The first kappa shape index (κ1) is 22.5. The first-order valence-corrected chi connectivity index (χ1v) is 11.0. The number of ether oxygens (including phenoxy) is 1. The van der Waals surface area contributed by atoms with Crippen LogP contribution in [0.1, 0.15) is 43.6 Å². The third-order valence-corrected chi connectivity index (χ3v) is 6.10. The number of imide groups is 1. The zero-order chi connectivity index (χ0) is 23.6. The number of fused-ring (bicyclic) bond motifs is 1. The Morgan fingerprint density at radius 1 is 1.21 bits per heavy atom. The molecule has 8 nitrogen and oxygen atoms in total. The van der Waals surface area contributed by atoms with Gasteiger partial charge >= 0.3 is 5.97 Å². The van der Waals surface area contributed by atoms with E-state index in [0.29, 0.717) is 25.8 Å². The number of hydrogen-bond acceptors (Lipinski definition) is 5. The molecule has 2 aromatic heterocycles. The average Bonchev–Trinajstić information content (AvgIpc) is 3.50. The van der Waals surface area contributed by atoms with Crippen molar-refractivity contribution in [3.8, 4) is 0 Å². The maximum atomic E-state index is 12.0. The van der Waals surface area contributed by atoms with Gasteiger partial charge in [-0.2, -0.15) is 0 Å². The Morgan fingerprint density at radius 2 is 1.94 bits per heavy atom. The number of carbonyl (C=O) groups excluding carboxylic acids is 3. The lowest BCUT2D eigenvalue weighted by atomic mass is 10.0. The van der Waals surface area contributed by atoms with E-state index in [1.54, 1.807) is 6.33 Å². The van der Waals surface area contributed by atoms with Crippen LogP contribution in [0.4, 0.5) is 0 Å². The fourth-order valence-corrected chi connectivity index (χ4v) is 4.05. The second-order valence-electron chi connectivity index (χ2n) is 8.76. The van der Waals surface area contributed by atoms with Gasteiger partial charge in [-0.25, -0.2) is 4.98 Å². The number of allylic oxidation sites excluding steroid dienone is 1. The summed E-state index contributed by atoms with van der Waals surface area (Å²) in [5.41, 5.74) is 3.15. The Labute approximate surface area is 192 Å². The molecule has 4 rings (SSSR count). The Balaban J connectivity index is 1.52. The second-order valence-corrected chi connectivity index (χ2v) is 8.76. The summed E-state index contributed by atoms with van der Waals surface area (Å²) in [5, 5.41) is 0.997. The number of benzene rings is 1. The predicted octanol–water partition coefficient (Wildman–Crippen LogP) is 3.22. The largest absolute Gasteiger partial charge is 0.469 e. The molecule has 0 atom stereocenters. The number of likely N-dealkylation sites (tertiary alicyclic amines) is 1. The molecule has 1 fully saturated rings. The maximum Gasteiger partial charge on any atom is 0.310 e. The Morgan fingerprint density at radius 3 is 2.67 bits per heavy atom. The van der Waals surface area contributed by atoms with E-state index in [9.17, 15) is 14.4 Å². The lowest BCUT2D eigenvalue weighted by molar-refractivity contribution is -0.140. The van der Waals surface area contributed by atoms with Crippen LogP contribution in [0.5, 0.6) is 0 Å². The number of nitrogens with one attached hydrogen (secondary N) is 1. The second kappa shape index (κ2) is 9.05. The topological polar surface area (TPSA) is 97.3 Å². The Hall–Kier alpha value is -3.68. The summed E-state index contributed by atoms with van der Waals surface area (Å²) in [7, 11) is 1.39. The first-order chi connectivity index (χ1) is 15.8. The fourth-order valence-electron chi connectivity index (χ4n) is 4.05. The molecule has 1 N–H and O–H groups in total. The van der Waals surface area contributed by atoms with E-state index in [0.717, 1.165) is 27.9 Å². The van der Waals surface area contributed by atoms with Crippen molar-refractivity contribution in [3.63, 3.8) is 0 Å². The number of H-pyrrole nitrogens is 1. The zero-order valence-corrected chi connectivity index (χ0v) is 19.1. The van der Waals surface area contributed by atoms with Crippen LogP contribution < -0.4 is 0 Å². The van der Waals surface area contributed by atoms with Crippen LogP contribution in [0.25, 0.3) is 17.0 Å².